The number of nitrogens with one attached hydrogen (secondary N) is 1. The van der Waals surface area contributed by atoms with Crippen LogP contribution in [0.3, 0.4) is 0 Å². The number of benzene rings is 1. The largest absolute Gasteiger partial charge is 0.494 e. The lowest BCUT2D eigenvalue weighted by atomic mass is 9.84. The number of rotatable bonds is 8. The number of nitrogens with zero attached hydrogens (tertiary/aromatic N) is 1. The van der Waals surface area contributed by atoms with E-state index in [2.05, 4.69) is 5.32 Å². The van der Waals surface area contributed by atoms with Crippen molar-refractivity contribution in [2.75, 3.05) is 20.2 Å². The summed E-state index contributed by atoms with van der Waals surface area (Å²) in [6.45, 7) is 5.28. The standard InChI is InChI=1S/C19H27FN2O3/c1-4-22(5-2)18(24)9-11-19(10-8-17(23)21-19)13-14-6-7-15(20)16(12-14)25-3/h6-7,12H,4-5,8-11,13H2,1-3H3,(H,21,23). The lowest BCUT2D eigenvalue weighted by Crippen LogP contribution is -2.45. The van der Waals surface area contributed by atoms with Gasteiger partial charge in [0.05, 0.1) is 7.11 Å². The summed E-state index contributed by atoms with van der Waals surface area (Å²) in [7, 11) is 1.43. The van der Waals surface area contributed by atoms with Crippen LogP contribution in [0.15, 0.2) is 18.2 Å². The molecule has 138 valence electrons. The van der Waals surface area contributed by atoms with E-state index in [0.29, 0.717) is 45.2 Å². The molecule has 0 aliphatic carbocycles. The average Bonchev–Trinajstić information content (AvgIpc) is 2.97. The minimum absolute atomic E-state index is 0.00404. The fraction of sp³-hybridized carbons (Fsp3) is 0.579. The van der Waals surface area contributed by atoms with Crippen LogP contribution >= 0.6 is 0 Å². The molecule has 0 radical (unpaired) electrons. The molecule has 1 saturated heterocycles. The Hall–Kier alpha value is -2.11. The molecule has 25 heavy (non-hydrogen) atoms. The number of ether oxygens (including phenoxy) is 1. The summed E-state index contributed by atoms with van der Waals surface area (Å²) >= 11 is 0. The van der Waals surface area contributed by atoms with Crippen molar-refractivity contribution in [3.8, 4) is 5.75 Å². The summed E-state index contributed by atoms with van der Waals surface area (Å²) in [6, 6.07) is 4.74. The lowest BCUT2D eigenvalue weighted by molar-refractivity contribution is -0.131. The van der Waals surface area contributed by atoms with Gasteiger partial charge < -0.3 is 15.0 Å². The molecule has 1 aliphatic rings. The van der Waals surface area contributed by atoms with Gasteiger partial charge in [0, 0.05) is 31.5 Å². The normalized spacial score (nSPS) is 19.6. The molecule has 1 fully saturated rings. The van der Waals surface area contributed by atoms with Crippen LogP contribution in [0.4, 0.5) is 4.39 Å². The van der Waals surface area contributed by atoms with Gasteiger partial charge in [0.15, 0.2) is 11.6 Å². The second-order valence-corrected chi connectivity index (χ2v) is 6.54. The Morgan fingerprint density at radius 1 is 1.36 bits per heavy atom. The number of methoxy groups -OCH3 is 1. The molecule has 1 N–H and O–H groups in total. The summed E-state index contributed by atoms with van der Waals surface area (Å²) < 4.78 is 18.7. The Labute approximate surface area is 148 Å². The maximum absolute atomic E-state index is 13.6. The number of halogens is 1. The van der Waals surface area contributed by atoms with Crippen LogP contribution in [0.1, 0.15) is 45.1 Å². The molecule has 6 heteroatoms. The smallest absolute Gasteiger partial charge is 0.222 e. The number of carbonyl (C=O) groups excluding carboxylic acids is 2. The van der Waals surface area contributed by atoms with Crippen molar-refractivity contribution in [3.05, 3.63) is 29.6 Å². The van der Waals surface area contributed by atoms with Crippen LogP contribution in [0.5, 0.6) is 5.75 Å². The fourth-order valence-electron chi connectivity index (χ4n) is 3.47. The first-order valence-corrected chi connectivity index (χ1v) is 8.84. The highest BCUT2D eigenvalue weighted by atomic mass is 19.1. The summed E-state index contributed by atoms with van der Waals surface area (Å²) in [6.07, 6.45) is 2.66. The molecule has 1 atom stereocenters. The number of hydrogen-bond donors (Lipinski definition) is 1. The molecule has 1 aromatic rings. The van der Waals surface area contributed by atoms with Gasteiger partial charge in [-0.15, -0.1) is 0 Å². The van der Waals surface area contributed by atoms with Crippen molar-refractivity contribution in [2.45, 2.75) is 51.5 Å². The molecular weight excluding hydrogens is 323 g/mol. The first-order valence-electron chi connectivity index (χ1n) is 8.84. The molecule has 1 aromatic carbocycles. The van der Waals surface area contributed by atoms with E-state index in [1.807, 2.05) is 13.8 Å². The van der Waals surface area contributed by atoms with Gasteiger partial charge in [0.1, 0.15) is 0 Å². The van der Waals surface area contributed by atoms with Crippen LogP contribution in [-0.2, 0) is 16.0 Å². The molecule has 0 saturated carbocycles. The van der Waals surface area contributed by atoms with Gasteiger partial charge >= 0.3 is 0 Å². The highest BCUT2D eigenvalue weighted by Crippen LogP contribution is 2.31. The molecular formula is C19H27FN2O3. The summed E-state index contributed by atoms with van der Waals surface area (Å²) in [4.78, 5) is 25.9. The van der Waals surface area contributed by atoms with Crippen LogP contribution < -0.4 is 10.1 Å². The van der Waals surface area contributed by atoms with Crippen LogP contribution in [0.2, 0.25) is 0 Å². The fourth-order valence-corrected chi connectivity index (χ4v) is 3.47. The maximum Gasteiger partial charge on any atom is 0.222 e. The van der Waals surface area contributed by atoms with E-state index in [-0.39, 0.29) is 17.6 Å². The van der Waals surface area contributed by atoms with Gasteiger partial charge in [-0.3, -0.25) is 9.59 Å². The van der Waals surface area contributed by atoms with E-state index in [4.69, 9.17) is 4.74 Å². The predicted octanol–water partition coefficient (Wildman–Crippen LogP) is 2.67. The second-order valence-electron chi connectivity index (χ2n) is 6.54. The van der Waals surface area contributed by atoms with E-state index < -0.39 is 11.4 Å². The second kappa shape index (κ2) is 8.32. The van der Waals surface area contributed by atoms with Gasteiger partial charge in [-0.1, -0.05) is 6.07 Å². The Bertz CT molecular complexity index is 631. The lowest BCUT2D eigenvalue weighted by Gasteiger charge is -2.30. The van der Waals surface area contributed by atoms with E-state index in [1.54, 1.807) is 17.0 Å². The zero-order chi connectivity index (χ0) is 18.4. The molecule has 0 aromatic heterocycles. The highest BCUT2D eigenvalue weighted by Gasteiger charge is 2.38. The zero-order valence-corrected chi connectivity index (χ0v) is 15.2. The molecule has 0 bridgehead atoms. The summed E-state index contributed by atoms with van der Waals surface area (Å²) in [5, 5.41) is 3.05. The molecule has 2 rings (SSSR count). The number of amides is 2. The van der Waals surface area contributed by atoms with Crippen molar-refractivity contribution in [3.63, 3.8) is 0 Å². The Balaban J connectivity index is 2.13. The van der Waals surface area contributed by atoms with Crippen molar-refractivity contribution < 1.29 is 18.7 Å². The van der Waals surface area contributed by atoms with Gasteiger partial charge in [-0.25, -0.2) is 4.39 Å². The minimum atomic E-state index is -0.456. The zero-order valence-electron chi connectivity index (χ0n) is 15.2. The van der Waals surface area contributed by atoms with Crippen molar-refractivity contribution in [2.24, 2.45) is 0 Å². The molecule has 1 heterocycles. The Morgan fingerprint density at radius 3 is 2.64 bits per heavy atom. The van der Waals surface area contributed by atoms with Crippen molar-refractivity contribution in [1.82, 2.24) is 10.2 Å². The molecule has 5 nitrogen and oxygen atoms in total. The van der Waals surface area contributed by atoms with E-state index in [9.17, 15) is 14.0 Å². The third-order valence-electron chi connectivity index (χ3n) is 4.93. The highest BCUT2D eigenvalue weighted by molar-refractivity contribution is 5.80. The van der Waals surface area contributed by atoms with Gasteiger partial charge in [-0.05, 0) is 50.8 Å². The summed E-state index contributed by atoms with van der Waals surface area (Å²) in [5.74, 6) is -0.116. The van der Waals surface area contributed by atoms with E-state index >= 15 is 0 Å². The molecule has 1 unspecified atom stereocenters. The van der Waals surface area contributed by atoms with Crippen LogP contribution in [0, 0.1) is 5.82 Å². The Morgan fingerprint density at radius 2 is 2.08 bits per heavy atom. The van der Waals surface area contributed by atoms with Crippen LogP contribution in [-0.4, -0.2) is 42.5 Å². The average molecular weight is 350 g/mol. The third-order valence-corrected chi connectivity index (χ3v) is 4.93. The monoisotopic (exact) mass is 350 g/mol. The first-order chi connectivity index (χ1) is 11.9. The van der Waals surface area contributed by atoms with E-state index in [0.717, 1.165) is 5.56 Å². The molecule has 0 spiro atoms. The van der Waals surface area contributed by atoms with Gasteiger partial charge in [0.2, 0.25) is 11.8 Å². The molecule has 1 aliphatic heterocycles. The van der Waals surface area contributed by atoms with Gasteiger partial charge in [0.25, 0.3) is 0 Å². The third kappa shape index (κ3) is 4.71. The predicted molar refractivity (Wildman–Crippen MR) is 93.9 cm³/mol. The number of hydrogen-bond acceptors (Lipinski definition) is 3. The number of carbonyl (C=O) groups is 2. The van der Waals surface area contributed by atoms with Crippen molar-refractivity contribution >= 4 is 11.8 Å². The van der Waals surface area contributed by atoms with Gasteiger partial charge in [-0.2, -0.15) is 0 Å². The quantitative estimate of drug-likeness (QED) is 0.784. The summed E-state index contributed by atoms with van der Waals surface area (Å²) in [5.41, 5.74) is 0.429. The van der Waals surface area contributed by atoms with Crippen LogP contribution in [0.25, 0.3) is 0 Å². The first kappa shape index (κ1) is 19.2. The maximum atomic E-state index is 13.6. The Kier molecular flexibility index (Phi) is 6.39. The molecule has 2 amide bonds. The van der Waals surface area contributed by atoms with E-state index in [1.165, 1.54) is 13.2 Å². The minimum Gasteiger partial charge on any atom is -0.494 e. The topological polar surface area (TPSA) is 58.6 Å². The van der Waals surface area contributed by atoms with Crippen molar-refractivity contribution in [1.29, 1.82) is 0 Å². The SMILES string of the molecule is CCN(CC)C(=O)CCC1(Cc2ccc(F)c(OC)c2)CCC(=O)N1.